The maximum Gasteiger partial charge on any atom is 0.0558 e. The topological polar surface area (TPSA) is 8.17 Å². The molecule has 0 atom stereocenters. The van der Waals surface area contributed by atoms with Gasteiger partial charge in [-0.3, -0.25) is 0 Å². The van der Waals surface area contributed by atoms with E-state index in [1.807, 2.05) is 6.08 Å². The largest absolute Gasteiger partial charge is 0.313 e. The van der Waals surface area contributed by atoms with Crippen molar-refractivity contribution >= 4 is 51.4 Å². The van der Waals surface area contributed by atoms with Crippen molar-refractivity contribution in [1.82, 2.24) is 4.57 Å². The highest BCUT2D eigenvalue weighted by atomic mass is 15.1. The highest BCUT2D eigenvalue weighted by Gasteiger charge is 2.18. The van der Waals surface area contributed by atoms with Gasteiger partial charge in [0.05, 0.1) is 5.52 Å². The van der Waals surface area contributed by atoms with Crippen LogP contribution in [0.25, 0.3) is 56.6 Å². The SMILES string of the molecule is C=C/C=c1\c(=C/C)n(C2=CC=C(c3ccccc3)CC2)c2cc(N(c3ccccc3)c3ccc(-c4ccc(-c5ccccc5)cc4)cc3)ccc12. The highest BCUT2D eigenvalue weighted by Crippen LogP contribution is 2.38. The van der Waals surface area contributed by atoms with Crippen molar-refractivity contribution in [2.75, 3.05) is 4.90 Å². The second kappa shape index (κ2) is 14.2. The fourth-order valence-corrected chi connectivity index (χ4v) is 7.37. The summed E-state index contributed by atoms with van der Waals surface area (Å²) in [5, 5.41) is 3.60. The first-order chi connectivity index (χ1) is 25.2. The minimum absolute atomic E-state index is 0.958. The van der Waals surface area contributed by atoms with Gasteiger partial charge in [-0.2, -0.15) is 0 Å². The van der Waals surface area contributed by atoms with Crippen LogP contribution in [-0.2, 0) is 0 Å². The van der Waals surface area contributed by atoms with E-state index in [0.29, 0.717) is 0 Å². The van der Waals surface area contributed by atoms with Gasteiger partial charge in [0, 0.05) is 38.7 Å². The maximum absolute atomic E-state index is 4.06. The van der Waals surface area contributed by atoms with E-state index in [9.17, 15) is 0 Å². The smallest absolute Gasteiger partial charge is 0.0558 e. The van der Waals surface area contributed by atoms with E-state index in [4.69, 9.17) is 0 Å². The van der Waals surface area contributed by atoms with Crippen LogP contribution in [0.1, 0.15) is 25.3 Å². The van der Waals surface area contributed by atoms with Crippen LogP contribution in [-0.4, -0.2) is 4.57 Å². The Morgan fingerprint density at radius 1 is 0.549 bits per heavy atom. The van der Waals surface area contributed by atoms with Gasteiger partial charge in [-0.05, 0) is 95.6 Å². The number of hydrogen-bond donors (Lipinski definition) is 0. The van der Waals surface area contributed by atoms with Gasteiger partial charge < -0.3 is 9.47 Å². The fraction of sp³-hybridized carbons (Fsp3) is 0.0612. The molecule has 1 heterocycles. The third-order valence-corrected chi connectivity index (χ3v) is 9.87. The Morgan fingerprint density at radius 2 is 1.08 bits per heavy atom. The number of allylic oxidation sites excluding steroid dienone is 5. The molecule has 0 radical (unpaired) electrons. The third kappa shape index (κ3) is 6.29. The Bertz CT molecular complexity index is 2500. The predicted octanol–water partition coefficient (Wildman–Crippen LogP) is 11.9. The number of hydrogen-bond acceptors (Lipinski definition) is 1. The van der Waals surface area contributed by atoms with E-state index in [1.165, 1.54) is 60.6 Å². The van der Waals surface area contributed by atoms with E-state index in [2.05, 4.69) is 205 Å². The molecule has 0 amide bonds. The number of para-hydroxylation sites is 1. The molecule has 2 nitrogen and oxygen atoms in total. The molecule has 51 heavy (non-hydrogen) atoms. The van der Waals surface area contributed by atoms with Gasteiger partial charge in [0.2, 0.25) is 0 Å². The fourth-order valence-electron chi connectivity index (χ4n) is 7.37. The molecule has 0 bridgehead atoms. The summed E-state index contributed by atoms with van der Waals surface area (Å²) in [6, 6.07) is 56.6. The van der Waals surface area contributed by atoms with Gasteiger partial charge >= 0.3 is 0 Å². The average Bonchev–Trinajstić information content (AvgIpc) is 3.52. The molecular weight excluding hydrogens is 617 g/mol. The lowest BCUT2D eigenvalue weighted by molar-refractivity contribution is 0.954. The van der Waals surface area contributed by atoms with Crippen LogP contribution in [0.3, 0.4) is 0 Å². The van der Waals surface area contributed by atoms with E-state index in [0.717, 1.165) is 29.9 Å². The number of nitrogens with zero attached hydrogens (tertiary/aromatic N) is 2. The van der Waals surface area contributed by atoms with E-state index in [1.54, 1.807) is 0 Å². The molecule has 246 valence electrons. The lowest BCUT2D eigenvalue weighted by Gasteiger charge is -2.26. The number of rotatable bonds is 8. The molecule has 8 rings (SSSR count). The first-order valence-corrected chi connectivity index (χ1v) is 17.7. The van der Waals surface area contributed by atoms with Crippen molar-refractivity contribution in [3.05, 3.63) is 199 Å². The molecule has 0 saturated carbocycles. The molecule has 7 aromatic rings. The Hall–Kier alpha value is -6.38. The molecule has 0 unspecified atom stereocenters. The van der Waals surface area contributed by atoms with Crippen molar-refractivity contribution in [1.29, 1.82) is 0 Å². The minimum Gasteiger partial charge on any atom is -0.313 e. The van der Waals surface area contributed by atoms with E-state index in [-0.39, 0.29) is 0 Å². The van der Waals surface area contributed by atoms with Gasteiger partial charge in [-0.15, -0.1) is 0 Å². The van der Waals surface area contributed by atoms with Crippen LogP contribution >= 0.6 is 0 Å². The molecule has 1 aromatic heterocycles. The molecule has 0 fully saturated rings. The normalized spacial score (nSPS) is 13.6. The lowest BCUT2D eigenvalue weighted by Crippen LogP contribution is -2.28. The summed E-state index contributed by atoms with van der Waals surface area (Å²) in [6.07, 6.45) is 12.8. The summed E-state index contributed by atoms with van der Waals surface area (Å²) < 4.78 is 2.46. The van der Waals surface area contributed by atoms with Crippen LogP contribution in [0.4, 0.5) is 17.1 Å². The van der Waals surface area contributed by atoms with Crippen molar-refractivity contribution < 1.29 is 0 Å². The lowest BCUT2D eigenvalue weighted by atomic mass is 9.96. The highest BCUT2D eigenvalue weighted by molar-refractivity contribution is 5.92. The number of fused-ring (bicyclic) bond motifs is 1. The molecule has 0 aliphatic heterocycles. The summed E-state index contributed by atoms with van der Waals surface area (Å²) >= 11 is 0. The molecule has 1 aliphatic rings. The van der Waals surface area contributed by atoms with Gasteiger partial charge in [-0.1, -0.05) is 152 Å². The van der Waals surface area contributed by atoms with Gasteiger partial charge in [0.15, 0.2) is 0 Å². The van der Waals surface area contributed by atoms with Crippen LogP contribution in [0.5, 0.6) is 0 Å². The molecule has 1 aliphatic carbocycles. The first-order valence-electron chi connectivity index (χ1n) is 17.7. The zero-order valence-electron chi connectivity index (χ0n) is 28.9. The standard InChI is InChI=1S/C49H40N2/c1-3-14-46-47-34-33-45(35-49(47)51(48(46)4-2)44-31-27-40(28-32-44)37-17-10-6-11-18-37)50(42-19-12-7-13-20-42)43-29-25-41(26-30-43)39-23-21-38(22-24-39)36-15-8-5-9-16-36/h3-27,29-31,33-35H,1,28,32H2,2H3/b46-14-,48-4+. The van der Waals surface area contributed by atoms with Crippen molar-refractivity contribution in [2.24, 2.45) is 0 Å². The molecule has 2 heteroatoms. The zero-order chi connectivity index (χ0) is 34.6. The van der Waals surface area contributed by atoms with Crippen LogP contribution in [0.15, 0.2) is 183 Å². The molecule has 0 spiro atoms. The Kier molecular flexibility index (Phi) is 8.89. The monoisotopic (exact) mass is 656 g/mol. The van der Waals surface area contributed by atoms with Crippen LogP contribution in [0, 0.1) is 0 Å². The summed E-state index contributed by atoms with van der Waals surface area (Å²) in [6.45, 7) is 6.20. The quantitative estimate of drug-likeness (QED) is 0.158. The summed E-state index contributed by atoms with van der Waals surface area (Å²) in [5.41, 5.74) is 13.3. The summed E-state index contributed by atoms with van der Waals surface area (Å²) in [7, 11) is 0. The summed E-state index contributed by atoms with van der Waals surface area (Å²) in [4.78, 5) is 2.36. The molecule has 6 aromatic carbocycles. The molecule has 0 N–H and O–H groups in total. The minimum atomic E-state index is 0.958. The van der Waals surface area contributed by atoms with Gasteiger partial charge in [0.1, 0.15) is 0 Å². The van der Waals surface area contributed by atoms with Crippen molar-refractivity contribution in [3.8, 4) is 22.3 Å². The van der Waals surface area contributed by atoms with E-state index < -0.39 is 0 Å². The van der Waals surface area contributed by atoms with Gasteiger partial charge in [-0.25, -0.2) is 0 Å². The first kappa shape index (κ1) is 31.9. The number of aromatic nitrogens is 1. The Balaban J connectivity index is 1.22. The number of anilines is 3. The second-order valence-corrected chi connectivity index (χ2v) is 12.9. The van der Waals surface area contributed by atoms with Crippen LogP contribution in [0.2, 0.25) is 0 Å². The predicted molar refractivity (Wildman–Crippen MR) is 219 cm³/mol. The van der Waals surface area contributed by atoms with Crippen LogP contribution < -0.4 is 15.5 Å². The second-order valence-electron chi connectivity index (χ2n) is 12.9. The molecular formula is C49H40N2. The number of benzene rings is 6. The van der Waals surface area contributed by atoms with E-state index >= 15 is 0 Å². The van der Waals surface area contributed by atoms with Crippen molar-refractivity contribution in [3.63, 3.8) is 0 Å². The zero-order valence-corrected chi connectivity index (χ0v) is 28.9. The Morgan fingerprint density at radius 3 is 1.65 bits per heavy atom. The van der Waals surface area contributed by atoms with Crippen molar-refractivity contribution in [2.45, 2.75) is 19.8 Å². The molecule has 0 saturated heterocycles. The Labute approximate surface area is 300 Å². The summed E-state index contributed by atoms with van der Waals surface area (Å²) in [5.74, 6) is 0. The maximum atomic E-state index is 4.06. The average molecular weight is 657 g/mol. The van der Waals surface area contributed by atoms with Gasteiger partial charge in [0.25, 0.3) is 0 Å². The third-order valence-electron chi connectivity index (χ3n) is 9.87.